The molecule has 4 aliphatic rings. The molecule has 0 aliphatic carbocycles. The molecule has 4 atom stereocenters. The Morgan fingerprint density at radius 3 is 2.82 bits per heavy atom. The Labute approximate surface area is 219 Å². The molecule has 14 heteroatoms. The SMILES string of the molecule is CCOC(=O)NC[C@@H]1NC(N)=[N+]2CC(NC(=O)c3cccc4c3OCCC4(C)C)C(O)(O)[C@@]23NC(N)=N[C@@H]13. The van der Waals surface area contributed by atoms with Gasteiger partial charge in [0.05, 0.1) is 31.9 Å². The first-order valence-electron chi connectivity index (χ1n) is 12.6. The molecule has 1 fully saturated rings. The van der Waals surface area contributed by atoms with Crippen molar-refractivity contribution in [1.82, 2.24) is 21.3 Å². The normalized spacial score (nSPS) is 29.9. The monoisotopic (exact) mass is 531 g/mol. The van der Waals surface area contributed by atoms with Crippen molar-refractivity contribution in [3.05, 3.63) is 29.3 Å². The average Bonchev–Trinajstić information content (AvgIpc) is 3.32. The molecule has 4 heterocycles. The number of fused-ring (bicyclic) bond motifs is 1. The number of aliphatic imine (C=N–C) groups is 1. The highest BCUT2D eigenvalue weighted by molar-refractivity contribution is 5.98. The fraction of sp³-hybridized carbons (Fsp3) is 0.583. The molecule has 5 rings (SSSR count). The van der Waals surface area contributed by atoms with Gasteiger partial charge >= 0.3 is 12.1 Å². The van der Waals surface area contributed by atoms with Gasteiger partial charge in [-0.1, -0.05) is 26.0 Å². The highest BCUT2D eigenvalue weighted by Gasteiger charge is 2.75. The van der Waals surface area contributed by atoms with Crippen LogP contribution in [0.25, 0.3) is 0 Å². The lowest BCUT2D eigenvalue weighted by Crippen LogP contribution is -2.79. The number of benzene rings is 1. The van der Waals surface area contributed by atoms with E-state index in [4.69, 9.17) is 20.9 Å². The van der Waals surface area contributed by atoms with Crippen LogP contribution in [0.1, 0.15) is 43.1 Å². The topological polar surface area (TPSA) is 209 Å². The minimum atomic E-state index is -2.58. The molecule has 0 bridgehead atoms. The summed E-state index contributed by atoms with van der Waals surface area (Å²) < 4.78 is 12.3. The lowest BCUT2D eigenvalue weighted by Gasteiger charge is -2.43. The predicted octanol–water partition coefficient (Wildman–Crippen LogP) is -2.43. The molecule has 0 aromatic heterocycles. The first-order chi connectivity index (χ1) is 17.9. The van der Waals surface area contributed by atoms with Crippen LogP contribution in [0.5, 0.6) is 5.75 Å². The molecule has 4 aliphatic heterocycles. The summed E-state index contributed by atoms with van der Waals surface area (Å²) in [7, 11) is 0. The quantitative estimate of drug-likeness (QED) is 0.149. The number of alkyl carbamates (subject to hydrolysis) is 1. The van der Waals surface area contributed by atoms with Crippen molar-refractivity contribution in [1.29, 1.82) is 0 Å². The van der Waals surface area contributed by atoms with Gasteiger partial charge in [0, 0.05) is 5.56 Å². The standard InChI is InChI=1S/C24H34N8O6/c1-4-37-21(34)27-10-14-17-23(31-19(25)30-17)24(35,36)15(11-32(23)20(26)28-14)29-18(33)12-6-5-7-13-16(12)38-9-8-22(13,2)3/h5-7,14-15,17,35-36H,4,8-11H2,1-3H3,(H7,25,26,27,28,29,30,31,33,34)/p+1/t14-,15?,17-,23-/m0/s1. The first-order valence-corrected chi connectivity index (χ1v) is 12.6. The summed E-state index contributed by atoms with van der Waals surface area (Å²) >= 11 is 0. The van der Waals surface area contributed by atoms with Gasteiger partial charge in [-0.15, -0.1) is 0 Å². The number of ether oxygens (including phenoxy) is 2. The third-order valence-electron chi connectivity index (χ3n) is 7.88. The Balaban J connectivity index is 1.44. The number of aliphatic hydroxyl groups is 2. The maximum atomic E-state index is 13.5. The highest BCUT2D eigenvalue weighted by Crippen LogP contribution is 2.43. The Morgan fingerprint density at radius 2 is 2.08 bits per heavy atom. The Hall–Kier alpha value is -3.78. The van der Waals surface area contributed by atoms with E-state index in [0.29, 0.717) is 17.9 Å². The smallest absolute Gasteiger partial charge is 0.407 e. The number of nitrogens with two attached hydrogens (primary N) is 2. The van der Waals surface area contributed by atoms with Gasteiger partial charge in [-0.2, -0.15) is 0 Å². The summed E-state index contributed by atoms with van der Waals surface area (Å²) in [6.07, 6.45) is 0.171. The van der Waals surface area contributed by atoms with E-state index in [1.165, 1.54) is 4.58 Å². The molecule has 0 saturated carbocycles. The second-order valence-electron chi connectivity index (χ2n) is 10.6. The minimum Gasteiger partial charge on any atom is -0.492 e. The minimum absolute atomic E-state index is 0.00856. The molecule has 206 valence electrons. The number of hydrogen-bond acceptors (Lipinski definition) is 11. The molecule has 1 aromatic rings. The fourth-order valence-corrected chi connectivity index (χ4v) is 5.88. The van der Waals surface area contributed by atoms with Crippen molar-refractivity contribution in [2.24, 2.45) is 16.5 Å². The third kappa shape index (κ3) is 3.77. The Morgan fingerprint density at radius 1 is 1.32 bits per heavy atom. The summed E-state index contributed by atoms with van der Waals surface area (Å²) in [6, 6.07) is 2.59. The van der Waals surface area contributed by atoms with E-state index >= 15 is 0 Å². The number of nitrogens with one attached hydrogen (secondary N) is 4. The number of rotatable bonds is 5. The molecule has 0 radical (unpaired) electrons. The molecule has 38 heavy (non-hydrogen) atoms. The van der Waals surface area contributed by atoms with Crippen LogP contribution >= 0.6 is 0 Å². The zero-order valence-corrected chi connectivity index (χ0v) is 21.6. The van der Waals surface area contributed by atoms with E-state index in [0.717, 1.165) is 12.0 Å². The Bertz CT molecular complexity index is 1230. The second-order valence-corrected chi connectivity index (χ2v) is 10.6. The third-order valence-corrected chi connectivity index (χ3v) is 7.88. The lowest BCUT2D eigenvalue weighted by molar-refractivity contribution is -0.623. The average molecular weight is 532 g/mol. The number of guanidine groups is 2. The first kappa shape index (κ1) is 25.9. The largest absolute Gasteiger partial charge is 0.492 e. The van der Waals surface area contributed by atoms with Gasteiger partial charge in [0.1, 0.15) is 23.9 Å². The zero-order chi connectivity index (χ0) is 27.5. The number of carbonyl (C=O) groups excluding carboxylic acids is 2. The van der Waals surface area contributed by atoms with Gasteiger partial charge in [-0.05, 0) is 24.8 Å². The zero-order valence-electron chi connectivity index (χ0n) is 21.6. The summed E-state index contributed by atoms with van der Waals surface area (Å²) in [6.45, 7) is 6.46. The predicted molar refractivity (Wildman–Crippen MR) is 136 cm³/mol. The van der Waals surface area contributed by atoms with Crippen LogP contribution in [-0.4, -0.2) is 94.6 Å². The van der Waals surface area contributed by atoms with Crippen LogP contribution in [0.15, 0.2) is 23.2 Å². The maximum Gasteiger partial charge on any atom is 0.407 e. The van der Waals surface area contributed by atoms with Gasteiger partial charge in [0.25, 0.3) is 5.91 Å². The summed E-state index contributed by atoms with van der Waals surface area (Å²) in [5.41, 5.74) is 11.7. The summed E-state index contributed by atoms with van der Waals surface area (Å²) in [5, 5.41) is 34.5. The van der Waals surface area contributed by atoms with Crippen LogP contribution in [0, 0.1) is 0 Å². The molecule has 14 nitrogen and oxygen atoms in total. The van der Waals surface area contributed by atoms with Crippen molar-refractivity contribution in [3.8, 4) is 5.75 Å². The van der Waals surface area contributed by atoms with Crippen molar-refractivity contribution < 1.29 is 33.9 Å². The molecule has 1 unspecified atom stereocenters. The molecule has 1 spiro atoms. The second kappa shape index (κ2) is 8.91. The molecule has 10 N–H and O–H groups in total. The van der Waals surface area contributed by atoms with E-state index in [9.17, 15) is 19.8 Å². The van der Waals surface area contributed by atoms with E-state index < -0.39 is 41.6 Å². The van der Waals surface area contributed by atoms with Crippen molar-refractivity contribution in [2.45, 2.75) is 62.2 Å². The van der Waals surface area contributed by atoms with E-state index in [1.54, 1.807) is 19.1 Å². The molecule has 1 aromatic carbocycles. The fourth-order valence-electron chi connectivity index (χ4n) is 5.88. The van der Waals surface area contributed by atoms with Crippen LogP contribution in [0.3, 0.4) is 0 Å². The van der Waals surface area contributed by atoms with Crippen LogP contribution in [0.2, 0.25) is 0 Å². The number of hydrogen-bond donors (Lipinski definition) is 8. The maximum absolute atomic E-state index is 13.5. The van der Waals surface area contributed by atoms with Crippen LogP contribution in [-0.2, 0) is 10.2 Å². The van der Waals surface area contributed by atoms with Crippen molar-refractivity contribution in [3.63, 3.8) is 0 Å². The molecular weight excluding hydrogens is 496 g/mol. The number of amides is 2. The Kier molecular flexibility index (Phi) is 6.06. The number of para-hydroxylation sites is 1. The van der Waals surface area contributed by atoms with Gasteiger partial charge in [-0.25, -0.2) is 14.4 Å². The summed E-state index contributed by atoms with van der Waals surface area (Å²) in [5.74, 6) is -2.56. The molecule has 2 amide bonds. The number of nitrogens with zero attached hydrogens (tertiary/aromatic N) is 2. The van der Waals surface area contributed by atoms with Gasteiger partial charge < -0.3 is 41.4 Å². The van der Waals surface area contributed by atoms with E-state index in [-0.39, 0.29) is 37.0 Å². The number of carbonyl (C=O) groups is 2. The van der Waals surface area contributed by atoms with Crippen LogP contribution < -0.4 is 37.5 Å². The summed E-state index contributed by atoms with van der Waals surface area (Å²) in [4.78, 5) is 29.8. The van der Waals surface area contributed by atoms with Crippen molar-refractivity contribution >= 4 is 23.9 Å². The highest BCUT2D eigenvalue weighted by atomic mass is 16.5. The van der Waals surface area contributed by atoms with E-state index in [2.05, 4.69) is 40.1 Å². The van der Waals surface area contributed by atoms with Gasteiger partial charge in [-0.3, -0.25) is 15.8 Å². The van der Waals surface area contributed by atoms with Crippen LogP contribution in [0.4, 0.5) is 4.79 Å². The van der Waals surface area contributed by atoms with Crippen molar-refractivity contribution in [2.75, 3.05) is 26.3 Å². The molecule has 1 saturated heterocycles. The lowest BCUT2D eigenvalue weighted by atomic mass is 9.79. The molecular formula is C24H35N8O6+. The van der Waals surface area contributed by atoms with Gasteiger partial charge in [0.2, 0.25) is 11.4 Å². The van der Waals surface area contributed by atoms with Gasteiger partial charge in [0.15, 0.2) is 5.96 Å². The van der Waals surface area contributed by atoms with E-state index in [1.807, 2.05) is 6.07 Å².